The molecule has 0 aliphatic carbocycles. The van der Waals surface area contributed by atoms with E-state index in [2.05, 4.69) is 4.74 Å². The second kappa shape index (κ2) is 8.32. The highest BCUT2D eigenvalue weighted by Gasteiger charge is 2.16. The molecule has 1 amide bonds. The van der Waals surface area contributed by atoms with E-state index < -0.39 is 6.61 Å². The maximum Gasteiger partial charge on any atom is 0.387 e. The number of hydrogen-bond acceptors (Lipinski definition) is 4. The van der Waals surface area contributed by atoms with Crippen LogP contribution in [0.1, 0.15) is 15.9 Å². The third-order valence-electron chi connectivity index (χ3n) is 3.55. The molecule has 134 valence electrons. The summed E-state index contributed by atoms with van der Waals surface area (Å²) in [5.41, 5.74) is 1.05. The van der Waals surface area contributed by atoms with E-state index in [-0.39, 0.29) is 23.8 Å². The van der Waals surface area contributed by atoms with Gasteiger partial charge in [0.1, 0.15) is 17.2 Å². The van der Waals surface area contributed by atoms with Crippen molar-refractivity contribution in [1.29, 1.82) is 0 Å². The Morgan fingerprint density at radius 3 is 2.48 bits per heavy atom. The van der Waals surface area contributed by atoms with E-state index >= 15 is 0 Å². The van der Waals surface area contributed by atoms with E-state index in [0.29, 0.717) is 11.5 Å². The van der Waals surface area contributed by atoms with Gasteiger partial charge in [-0.3, -0.25) is 4.79 Å². The van der Waals surface area contributed by atoms with Crippen molar-refractivity contribution < 1.29 is 27.8 Å². The highest BCUT2D eigenvalue weighted by atomic mass is 19.3. The number of ether oxygens (including phenoxy) is 3. The summed E-state index contributed by atoms with van der Waals surface area (Å²) >= 11 is 0. The van der Waals surface area contributed by atoms with Gasteiger partial charge in [-0.1, -0.05) is 6.07 Å². The maximum atomic E-state index is 12.5. The van der Waals surface area contributed by atoms with Crippen LogP contribution in [0, 0.1) is 0 Å². The minimum atomic E-state index is -2.94. The Labute approximate surface area is 144 Å². The first kappa shape index (κ1) is 18.5. The van der Waals surface area contributed by atoms with Gasteiger partial charge in [0, 0.05) is 30.8 Å². The molecule has 7 heteroatoms. The first-order chi connectivity index (χ1) is 11.9. The molecule has 0 aliphatic heterocycles. The largest absolute Gasteiger partial charge is 0.497 e. The van der Waals surface area contributed by atoms with Crippen LogP contribution in [0.2, 0.25) is 0 Å². The molecule has 0 aliphatic rings. The number of halogens is 2. The third kappa shape index (κ3) is 4.82. The molecular formula is C18H19F2NO4. The Balaban J connectivity index is 2.15. The zero-order valence-electron chi connectivity index (χ0n) is 14.2. The van der Waals surface area contributed by atoms with Gasteiger partial charge in [-0.15, -0.1) is 0 Å². The first-order valence-corrected chi connectivity index (χ1v) is 7.46. The molecule has 0 saturated carbocycles. The van der Waals surface area contributed by atoms with Crippen molar-refractivity contribution in [3.8, 4) is 17.2 Å². The fraction of sp³-hybridized carbons (Fsp3) is 0.278. The molecule has 0 spiro atoms. The average molecular weight is 351 g/mol. The zero-order valence-corrected chi connectivity index (χ0v) is 14.2. The number of carbonyl (C=O) groups excluding carboxylic acids is 1. The number of benzene rings is 2. The lowest BCUT2D eigenvalue weighted by Crippen LogP contribution is -2.26. The number of nitrogens with zero attached hydrogens (tertiary/aromatic N) is 1. The van der Waals surface area contributed by atoms with Crippen molar-refractivity contribution in [3.63, 3.8) is 0 Å². The molecule has 0 N–H and O–H groups in total. The summed E-state index contributed by atoms with van der Waals surface area (Å²) in [5.74, 6) is 0.856. The Morgan fingerprint density at radius 2 is 1.84 bits per heavy atom. The fourth-order valence-corrected chi connectivity index (χ4v) is 2.34. The first-order valence-electron chi connectivity index (χ1n) is 7.46. The number of hydrogen-bond donors (Lipinski definition) is 0. The Bertz CT molecular complexity index is 737. The summed E-state index contributed by atoms with van der Waals surface area (Å²) in [6.45, 7) is -2.65. The van der Waals surface area contributed by atoms with Crippen LogP contribution in [0.15, 0.2) is 42.5 Å². The number of carbonyl (C=O) groups is 1. The van der Waals surface area contributed by atoms with Crippen LogP contribution in [0.5, 0.6) is 17.2 Å². The average Bonchev–Trinajstić information content (AvgIpc) is 2.61. The van der Waals surface area contributed by atoms with Gasteiger partial charge >= 0.3 is 6.61 Å². The van der Waals surface area contributed by atoms with E-state index in [1.165, 1.54) is 30.2 Å². The molecule has 5 nitrogen and oxygen atoms in total. The molecule has 0 bridgehead atoms. The lowest BCUT2D eigenvalue weighted by molar-refractivity contribution is -0.0499. The van der Waals surface area contributed by atoms with Gasteiger partial charge in [-0.25, -0.2) is 0 Å². The van der Waals surface area contributed by atoms with Crippen molar-refractivity contribution in [2.45, 2.75) is 13.2 Å². The number of rotatable bonds is 7. The third-order valence-corrected chi connectivity index (χ3v) is 3.55. The van der Waals surface area contributed by atoms with Crippen LogP contribution < -0.4 is 14.2 Å². The normalized spacial score (nSPS) is 10.5. The van der Waals surface area contributed by atoms with Crippen LogP contribution in [-0.2, 0) is 6.54 Å². The summed E-state index contributed by atoms with van der Waals surface area (Å²) in [4.78, 5) is 14.0. The Morgan fingerprint density at radius 1 is 1.08 bits per heavy atom. The lowest BCUT2D eigenvalue weighted by Gasteiger charge is -2.19. The molecule has 0 fully saturated rings. The molecule has 0 unspecified atom stereocenters. The highest BCUT2D eigenvalue weighted by molar-refractivity contribution is 5.94. The van der Waals surface area contributed by atoms with E-state index in [9.17, 15) is 13.6 Å². The van der Waals surface area contributed by atoms with Gasteiger partial charge in [-0.05, 0) is 30.3 Å². The van der Waals surface area contributed by atoms with Crippen LogP contribution in [0.3, 0.4) is 0 Å². The van der Waals surface area contributed by atoms with Crippen molar-refractivity contribution in [2.75, 3.05) is 21.3 Å². The molecule has 0 aromatic heterocycles. The highest BCUT2D eigenvalue weighted by Crippen LogP contribution is 2.26. The van der Waals surface area contributed by atoms with Crippen LogP contribution in [-0.4, -0.2) is 38.7 Å². The summed E-state index contributed by atoms with van der Waals surface area (Å²) in [6.07, 6.45) is 0. The topological polar surface area (TPSA) is 48.0 Å². The van der Waals surface area contributed by atoms with Crippen LogP contribution in [0.4, 0.5) is 8.78 Å². The van der Waals surface area contributed by atoms with Crippen molar-refractivity contribution in [1.82, 2.24) is 4.90 Å². The second-order valence-corrected chi connectivity index (χ2v) is 5.25. The quantitative estimate of drug-likeness (QED) is 0.765. The van der Waals surface area contributed by atoms with Crippen molar-refractivity contribution >= 4 is 5.91 Å². The molecule has 0 heterocycles. The number of alkyl halides is 2. The van der Waals surface area contributed by atoms with Gasteiger partial charge in [0.05, 0.1) is 14.2 Å². The smallest absolute Gasteiger partial charge is 0.387 e. The Kier molecular flexibility index (Phi) is 6.16. The predicted molar refractivity (Wildman–Crippen MR) is 88.4 cm³/mol. The van der Waals surface area contributed by atoms with E-state index in [1.807, 2.05) is 0 Å². The molecule has 0 atom stereocenters. The minimum Gasteiger partial charge on any atom is -0.497 e. The number of amides is 1. The Hall–Kier alpha value is -2.83. The van der Waals surface area contributed by atoms with Gasteiger partial charge in [0.2, 0.25) is 0 Å². The molecule has 2 aromatic carbocycles. The molecule has 25 heavy (non-hydrogen) atoms. The molecule has 2 rings (SSSR count). The van der Waals surface area contributed by atoms with Crippen LogP contribution in [0.25, 0.3) is 0 Å². The monoisotopic (exact) mass is 351 g/mol. The van der Waals surface area contributed by atoms with E-state index in [4.69, 9.17) is 9.47 Å². The van der Waals surface area contributed by atoms with Gasteiger partial charge in [0.25, 0.3) is 5.91 Å². The summed E-state index contributed by atoms with van der Waals surface area (Å²) in [6, 6.07) is 11.0. The van der Waals surface area contributed by atoms with Crippen LogP contribution >= 0.6 is 0 Å². The zero-order chi connectivity index (χ0) is 18.4. The summed E-state index contributed by atoms with van der Waals surface area (Å²) in [7, 11) is 4.70. The molecular weight excluding hydrogens is 332 g/mol. The maximum absolute atomic E-state index is 12.5. The van der Waals surface area contributed by atoms with Crippen molar-refractivity contribution in [2.24, 2.45) is 0 Å². The van der Waals surface area contributed by atoms with E-state index in [1.54, 1.807) is 38.4 Å². The van der Waals surface area contributed by atoms with Gasteiger partial charge < -0.3 is 19.1 Å². The SMILES string of the molecule is COc1ccc(CN(C)C(=O)c2cccc(OC(F)F)c2)c(OC)c1. The van der Waals surface area contributed by atoms with Crippen molar-refractivity contribution in [3.05, 3.63) is 53.6 Å². The summed E-state index contributed by atoms with van der Waals surface area (Å²) in [5, 5.41) is 0. The number of methoxy groups -OCH3 is 2. The fourth-order valence-electron chi connectivity index (χ4n) is 2.34. The lowest BCUT2D eigenvalue weighted by atomic mass is 10.1. The van der Waals surface area contributed by atoms with Gasteiger partial charge in [-0.2, -0.15) is 8.78 Å². The molecule has 0 saturated heterocycles. The molecule has 2 aromatic rings. The minimum absolute atomic E-state index is 0.0590. The second-order valence-electron chi connectivity index (χ2n) is 5.25. The summed E-state index contributed by atoms with van der Waals surface area (Å²) < 4.78 is 39.4. The predicted octanol–water partition coefficient (Wildman–Crippen LogP) is 3.58. The van der Waals surface area contributed by atoms with Gasteiger partial charge in [0.15, 0.2) is 0 Å². The standard InChI is InChI=1S/C18H19F2NO4/c1-21(11-13-7-8-14(23-2)10-16(13)24-3)17(22)12-5-4-6-15(9-12)25-18(19)20/h4-10,18H,11H2,1-3H3. The molecule has 0 radical (unpaired) electrons. The van der Waals surface area contributed by atoms with E-state index in [0.717, 1.165) is 5.56 Å².